The van der Waals surface area contributed by atoms with Crippen molar-refractivity contribution in [2.75, 3.05) is 55.7 Å². The number of aliphatic carboxylic acids is 1. The number of aryl methyl sites for hydroxylation is 1. The summed E-state index contributed by atoms with van der Waals surface area (Å²) in [6.45, 7) is 9.03. The number of carbonyl (C=O) groups is 2. The first-order valence-electron chi connectivity index (χ1n) is 13.4. The largest absolute Gasteiger partial charge is 0.480 e. The smallest absolute Gasteiger partial charge is 0.417 e. The van der Waals surface area contributed by atoms with Crippen molar-refractivity contribution >= 4 is 53.0 Å². The monoisotopic (exact) mass is 640 g/mol. The molecule has 1 aromatic carbocycles. The van der Waals surface area contributed by atoms with E-state index in [0.29, 0.717) is 44.2 Å². The van der Waals surface area contributed by atoms with Gasteiger partial charge in [-0.25, -0.2) is 4.98 Å². The van der Waals surface area contributed by atoms with Gasteiger partial charge in [-0.05, 0) is 56.8 Å². The van der Waals surface area contributed by atoms with Gasteiger partial charge >= 0.3 is 12.1 Å². The van der Waals surface area contributed by atoms with Crippen molar-refractivity contribution in [1.82, 2.24) is 14.8 Å². The zero-order valence-corrected chi connectivity index (χ0v) is 25.5. The standard InChI is InChI=1S/C28H31F3N6O4S.ClH/c1-4-18-13-21(16-33-24(18)41-12-11-34-7-9-35(10-8-34)17-23(38)39)37-26(42)36(25(40)27(37,2)3)20-6-5-19(15-32)22(14-20)28(29,30)31;/h5-6,13-14,16H,4,7-12,17H2,1-3H3,(H,38,39);1H. The van der Waals surface area contributed by atoms with Crippen molar-refractivity contribution in [2.45, 2.75) is 38.9 Å². The number of hydrogen-bond acceptors (Lipinski definition) is 8. The molecule has 0 unspecified atom stereocenters. The Labute approximate surface area is 259 Å². The number of benzene rings is 1. The SMILES string of the molecule is CCc1cc(N2C(=S)N(c3ccc(C#N)c(C(F)(F)F)c3)C(=O)C2(C)C)cnc1OCCN1CCN(CC(=O)O)CC1.Cl. The second-order valence-corrected chi connectivity index (χ2v) is 10.9. The normalized spacial score (nSPS) is 17.5. The van der Waals surface area contributed by atoms with Crippen molar-refractivity contribution in [3.63, 3.8) is 0 Å². The van der Waals surface area contributed by atoms with Crippen molar-refractivity contribution in [3.8, 4) is 11.9 Å². The fourth-order valence-electron chi connectivity index (χ4n) is 5.08. The molecule has 1 amide bonds. The number of thiocarbonyl (C=S) groups is 1. The molecule has 232 valence electrons. The van der Waals surface area contributed by atoms with Gasteiger partial charge in [0, 0.05) is 38.3 Å². The number of halogens is 4. The highest BCUT2D eigenvalue weighted by molar-refractivity contribution is 7.81. The molecule has 2 fully saturated rings. The summed E-state index contributed by atoms with van der Waals surface area (Å²) in [5.74, 6) is -0.931. The molecule has 1 aromatic heterocycles. The van der Waals surface area contributed by atoms with E-state index in [2.05, 4.69) is 9.88 Å². The molecular weight excluding hydrogens is 609 g/mol. The average Bonchev–Trinajstić information content (AvgIpc) is 3.11. The lowest BCUT2D eigenvalue weighted by Gasteiger charge is -2.33. The molecular formula is C28H32ClF3N6O4S. The molecule has 10 nitrogen and oxygen atoms in total. The maximum Gasteiger partial charge on any atom is 0.417 e. The second-order valence-electron chi connectivity index (χ2n) is 10.5. The molecule has 43 heavy (non-hydrogen) atoms. The molecule has 0 bridgehead atoms. The number of nitrogens with zero attached hydrogens (tertiary/aromatic N) is 6. The van der Waals surface area contributed by atoms with Crippen LogP contribution in [0.25, 0.3) is 0 Å². The third-order valence-electron chi connectivity index (χ3n) is 7.38. The summed E-state index contributed by atoms with van der Waals surface area (Å²) in [5.41, 5.74) is -1.76. The van der Waals surface area contributed by atoms with Crippen LogP contribution in [-0.2, 0) is 22.2 Å². The number of pyridine rings is 1. The third kappa shape index (κ3) is 7.18. The lowest BCUT2D eigenvalue weighted by atomic mass is 10.0. The molecule has 3 heterocycles. The molecule has 15 heteroatoms. The van der Waals surface area contributed by atoms with Gasteiger partial charge in [0.05, 0.1) is 41.3 Å². The van der Waals surface area contributed by atoms with Crippen LogP contribution < -0.4 is 14.5 Å². The van der Waals surface area contributed by atoms with E-state index in [9.17, 15) is 22.8 Å². The van der Waals surface area contributed by atoms with Crippen molar-refractivity contribution in [3.05, 3.63) is 47.2 Å². The van der Waals surface area contributed by atoms with Gasteiger partial charge in [-0.3, -0.25) is 24.3 Å². The second kappa shape index (κ2) is 13.4. The fraction of sp³-hybridized carbons (Fsp3) is 0.464. The number of carboxylic acid groups (broad SMARTS) is 1. The minimum absolute atomic E-state index is 0. The van der Waals surface area contributed by atoms with E-state index >= 15 is 0 Å². The number of hydrogen-bond donors (Lipinski definition) is 1. The average molecular weight is 641 g/mol. The Morgan fingerprint density at radius 3 is 2.40 bits per heavy atom. The molecule has 0 aliphatic carbocycles. The van der Waals surface area contributed by atoms with Crippen LogP contribution in [0.3, 0.4) is 0 Å². The zero-order valence-electron chi connectivity index (χ0n) is 23.8. The summed E-state index contributed by atoms with van der Waals surface area (Å²) in [4.78, 5) is 35.6. The first-order valence-corrected chi connectivity index (χ1v) is 13.8. The first kappa shape index (κ1) is 34.0. The van der Waals surface area contributed by atoms with Gasteiger partial charge in [0.1, 0.15) is 12.1 Å². The lowest BCUT2D eigenvalue weighted by molar-refractivity contribution is -0.139. The predicted octanol–water partition coefficient (Wildman–Crippen LogP) is 3.95. The van der Waals surface area contributed by atoms with Crippen molar-refractivity contribution in [2.24, 2.45) is 0 Å². The number of carboxylic acids is 1. The number of piperazine rings is 1. The van der Waals surface area contributed by atoms with E-state index in [0.717, 1.165) is 35.7 Å². The number of amides is 1. The quantitative estimate of drug-likeness (QED) is 0.404. The van der Waals surface area contributed by atoms with Crippen LogP contribution in [0.2, 0.25) is 0 Å². The molecule has 0 radical (unpaired) electrons. The Morgan fingerprint density at radius 2 is 1.81 bits per heavy atom. The summed E-state index contributed by atoms with van der Waals surface area (Å²) in [7, 11) is 0. The van der Waals surface area contributed by atoms with Gasteiger partial charge in [-0.2, -0.15) is 18.4 Å². The van der Waals surface area contributed by atoms with Crippen molar-refractivity contribution in [1.29, 1.82) is 5.26 Å². The van der Waals surface area contributed by atoms with E-state index in [1.807, 2.05) is 11.8 Å². The van der Waals surface area contributed by atoms with Crippen LogP contribution in [-0.4, -0.2) is 88.3 Å². The number of carbonyl (C=O) groups excluding carboxylic acids is 1. The molecule has 2 saturated heterocycles. The van der Waals surface area contributed by atoms with E-state index in [-0.39, 0.29) is 29.8 Å². The first-order chi connectivity index (χ1) is 19.8. The van der Waals surface area contributed by atoms with Gasteiger partial charge in [0.15, 0.2) is 5.11 Å². The van der Waals surface area contributed by atoms with E-state index in [1.54, 1.807) is 30.9 Å². The minimum Gasteiger partial charge on any atom is -0.480 e. The third-order valence-corrected chi connectivity index (χ3v) is 7.74. The van der Waals surface area contributed by atoms with Crippen LogP contribution in [0.4, 0.5) is 24.5 Å². The number of rotatable bonds is 9. The highest BCUT2D eigenvalue weighted by Crippen LogP contribution is 2.40. The summed E-state index contributed by atoms with van der Waals surface area (Å²) in [5, 5.41) is 18.1. The van der Waals surface area contributed by atoms with E-state index in [1.165, 1.54) is 12.3 Å². The van der Waals surface area contributed by atoms with Gasteiger partial charge in [0.25, 0.3) is 5.91 Å². The molecule has 1 N–H and O–H groups in total. The van der Waals surface area contributed by atoms with Gasteiger partial charge in [-0.15, -0.1) is 12.4 Å². The van der Waals surface area contributed by atoms with Gasteiger partial charge in [0.2, 0.25) is 5.88 Å². The molecule has 4 rings (SSSR count). The van der Waals surface area contributed by atoms with Crippen LogP contribution in [0.1, 0.15) is 37.5 Å². The van der Waals surface area contributed by atoms with E-state index in [4.69, 9.17) is 27.3 Å². The topological polar surface area (TPSA) is 113 Å². The lowest BCUT2D eigenvalue weighted by Crippen LogP contribution is -2.48. The van der Waals surface area contributed by atoms with Crippen LogP contribution in [0.5, 0.6) is 5.88 Å². The molecule has 0 atom stereocenters. The Balaban J connectivity index is 0.00000506. The predicted molar refractivity (Wildman–Crippen MR) is 160 cm³/mol. The Kier molecular flexibility index (Phi) is 10.6. The highest BCUT2D eigenvalue weighted by Gasteiger charge is 2.51. The summed E-state index contributed by atoms with van der Waals surface area (Å²) < 4.78 is 46.8. The number of alkyl halides is 3. The number of aromatic nitrogens is 1. The van der Waals surface area contributed by atoms with Crippen LogP contribution in [0, 0.1) is 11.3 Å². The Bertz CT molecular complexity index is 1430. The summed E-state index contributed by atoms with van der Waals surface area (Å²) in [6.07, 6.45) is -2.71. The molecule has 2 aliphatic heterocycles. The maximum atomic E-state index is 13.6. The van der Waals surface area contributed by atoms with Crippen LogP contribution >= 0.6 is 24.6 Å². The molecule has 2 aliphatic rings. The maximum absolute atomic E-state index is 13.6. The van der Waals surface area contributed by atoms with Gasteiger partial charge in [-0.1, -0.05) is 6.92 Å². The molecule has 2 aromatic rings. The number of anilines is 2. The minimum atomic E-state index is -4.79. The highest BCUT2D eigenvalue weighted by atomic mass is 35.5. The van der Waals surface area contributed by atoms with Crippen LogP contribution in [0.15, 0.2) is 30.5 Å². The van der Waals surface area contributed by atoms with Crippen molar-refractivity contribution < 1.29 is 32.6 Å². The molecule has 0 saturated carbocycles. The summed E-state index contributed by atoms with van der Waals surface area (Å²) >= 11 is 5.62. The zero-order chi connectivity index (χ0) is 30.8. The number of ether oxygens (including phenoxy) is 1. The van der Waals surface area contributed by atoms with Gasteiger partial charge < -0.3 is 14.7 Å². The van der Waals surface area contributed by atoms with E-state index < -0.39 is 34.7 Å². The Morgan fingerprint density at radius 1 is 1.16 bits per heavy atom. The fourth-order valence-corrected chi connectivity index (χ4v) is 5.61. The summed E-state index contributed by atoms with van der Waals surface area (Å²) in [6, 6.07) is 6.41. The number of nitriles is 1. The molecule has 0 spiro atoms. The Hall–Kier alpha value is -3.51.